The van der Waals surface area contributed by atoms with E-state index in [1.54, 1.807) is 48.5 Å². The zero-order chi connectivity index (χ0) is 24.7. The van der Waals surface area contributed by atoms with Crippen molar-refractivity contribution in [3.8, 4) is 0 Å². The van der Waals surface area contributed by atoms with Gasteiger partial charge >= 0.3 is 5.97 Å². The summed E-state index contributed by atoms with van der Waals surface area (Å²) in [5, 5.41) is 4.31. The first-order valence-electron chi connectivity index (χ1n) is 10.1. The second-order valence-electron chi connectivity index (χ2n) is 7.21. The molecular formula is C24H22ClN3O5S. The van der Waals surface area contributed by atoms with E-state index in [4.69, 9.17) is 11.6 Å². The quantitative estimate of drug-likeness (QED) is 0.288. The van der Waals surface area contributed by atoms with Crippen molar-refractivity contribution in [1.29, 1.82) is 0 Å². The van der Waals surface area contributed by atoms with Crippen molar-refractivity contribution in [3.05, 3.63) is 94.5 Å². The number of methoxy groups -OCH3 is 1. The van der Waals surface area contributed by atoms with Gasteiger partial charge in [-0.25, -0.2) is 18.6 Å². The highest BCUT2D eigenvalue weighted by Gasteiger charge is 2.27. The number of amides is 1. The van der Waals surface area contributed by atoms with Crippen LogP contribution in [-0.2, 0) is 19.6 Å². The minimum absolute atomic E-state index is 0.0510. The Bertz CT molecular complexity index is 1290. The Labute approximate surface area is 202 Å². The highest BCUT2D eigenvalue weighted by Crippen LogP contribution is 2.25. The first-order chi connectivity index (χ1) is 16.2. The molecule has 0 aromatic heterocycles. The van der Waals surface area contributed by atoms with E-state index in [-0.39, 0.29) is 10.6 Å². The fourth-order valence-electron chi connectivity index (χ4n) is 2.93. The molecular weight excluding hydrogens is 478 g/mol. The number of ether oxygens (including phenoxy) is 1. The maximum absolute atomic E-state index is 13.3. The molecule has 0 saturated heterocycles. The van der Waals surface area contributed by atoms with Gasteiger partial charge in [-0.1, -0.05) is 41.4 Å². The number of hydrazone groups is 1. The molecule has 0 spiro atoms. The molecule has 0 aliphatic heterocycles. The Hall–Kier alpha value is -3.69. The third-order valence-corrected chi connectivity index (χ3v) is 6.79. The Morgan fingerprint density at radius 1 is 1.00 bits per heavy atom. The van der Waals surface area contributed by atoms with Gasteiger partial charge in [0.2, 0.25) is 0 Å². The molecule has 10 heteroatoms. The number of anilines is 1. The summed E-state index contributed by atoms with van der Waals surface area (Å²) in [5.41, 5.74) is 4.52. The van der Waals surface area contributed by atoms with Crippen LogP contribution in [0.15, 0.2) is 82.8 Å². The minimum atomic E-state index is -4.04. The summed E-state index contributed by atoms with van der Waals surface area (Å²) in [5.74, 6) is -1.11. The number of sulfonamides is 1. The largest absolute Gasteiger partial charge is 0.465 e. The molecule has 1 amide bonds. The molecule has 0 atom stereocenters. The highest BCUT2D eigenvalue weighted by atomic mass is 35.5. The molecule has 3 aromatic carbocycles. The van der Waals surface area contributed by atoms with Crippen LogP contribution < -0.4 is 9.73 Å². The number of esters is 1. The van der Waals surface area contributed by atoms with Crippen LogP contribution in [0.3, 0.4) is 0 Å². The topological polar surface area (TPSA) is 105 Å². The normalized spacial score (nSPS) is 11.3. The van der Waals surface area contributed by atoms with Crippen LogP contribution >= 0.6 is 11.6 Å². The lowest BCUT2D eigenvalue weighted by Gasteiger charge is -2.23. The van der Waals surface area contributed by atoms with Crippen molar-refractivity contribution in [3.63, 3.8) is 0 Å². The van der Waals surface area contributed by atoms with Crippen molar-refractivity contribution in [2.45, 2.75) is 11.8 Å². The molecule has 0 heterocycles. The number of rotatable bonds is 8. The molecule has 0 unspecified atom stereocenters. The van der Waals surface area contributed by atoms with Crippen molar-refractivity contribution < 1.29 is 22.7 Å². The van der Waals surface area contributed by atoms with Gasteiger partial charge in [-0.2, -0.15) is 5.10 Å². The Morgan fingerprint density at radius 3 is 2.21 bits per heavy atom. The summed E-state index contributed by atoms with van der Waals surface area (Å²) >= 11 is 5.94. The fraction of sp³-hybridized carbons (Fsp3) is 0.125. The van der Waals surface area contributed by atoms with Gasteiger partial charge in [0, 0.05) is 5.02 Å². The van der Waals surface area contributed by atoms with E-state index in [9.17, 15) is 18.0 Å². The van der Waals surface area contributed by atoms with Crippen LogP contribution in [-0.4, -0.2) is 40.2 Å². The monoisotopic (exact) mass is 499 g/mol. The van der Waals surface area contributed by atoms with Gasteiger partial charge in [-0.3, -0.25) is 9.10 Å². The molecule has 3 aromatic rings. The van der Waals surface area contributed by atoms with E-state index in [2.05, 4.69) is 15.3 Å². The molecule has 0 aliphatic rings. The average molecular weight is 500 g/mol. The molecule has 176 valence electrons. The third-order valence-electron chi connectivity index (χ3n) is 4.75. The van der Waals surface area contributed by atoms with Gasteiger partial charge in [-0.15, -0.1) is 0 Å². The molecule has 0 radical (unpaired) electrons. The van der Waals surface area contributed by atoms with Gasteiger partial charge in [0.05, 0.1) is 29.5 Å². The maximum Gasteiger partial charge on any atom is 0.337 e. The number of nitrogens with zero attached hydrogens (tertiary/aromatic N) is 2. The number of hydrogen-bond acceptors (Lipinski definition) is 6. The summed E-state index contributed by atoms with van der Waals surface area (Å²) in [4.78, 5) is 24.1. The second kappa shape index (κ2) is 11.0. The van der Waals surface area contributed by atoms with Crippen LogP contribution in [0.1, 0.15) is 21.5 Å². The molecule has 1 N–H and O–H groups in total. The van der Waals surface area contributed by atoms with E-state index in [0.717, 1.165) is 9.87 Å². The van der Waals surface area contributed by atoms with Crippen molar-refractivity contribution in [2.75, 3.05) is 18.0 Å². The van der Waals surface area contributed by atoms with E-state index in [0.29, 0.717) is 16.1 Å². The summed E-state index contributed by atoms with van der Waals surface area (Å²) in [6.45, 7) is 1.35. The molecule has 3 rings (SSSR count). The summed E-state index contributed by atoms with van der Waals surface area (Å²) in [6, 6.07) is 18.9. The number of nitrogens with one attached hydrogen (secondary N) is 1. The summed E-state index contributed by atoms with van der Waals surface area (Å²) < 4.78 is 32.2. The zero-order valence-electron chi connectivity index (χ0n) is 18.4. The number of hydrogen-bond donors (Lipinski definition) is 1. The predicted octanol–water partition coefficient (Wildman–Crippen LogP) is 3.78. The van der Waals surface area contributed by atoms with Gasteiger partial charge in [0.15, 0.2) is 0 Å². The van der Waals surface area contributed by atoms with E-state index in [1.165, 1.54) is 37.6 Å². The minimum Gasteiger partial charge on any atom is -0.465 e. The van der Waals surface area contributed by atoms with Gasteiger partial charge < -0.3 is 4.74 Å². The van der Waals surface area contributed by atoms with Crippen molar-refractivity contribution >= 4 is 45.4 Å². The van der Waals surface area contributed by atoms with Crippen molar-refractivity contribution in [2.24, 2.45) is 5.10 Å². The van der Waals surface area contributed by atoms with Crippen LogP contribution in [0.25, 0.3) is 0 Å². The number of halogens is 1. The molecule has 0 aliphatic carbocycles. The molecule has 0 fully saturated rings. The van der Waals surface area contributed by atoms with Crippen LogP contribution in [0, 0.1) is 6.92 Å². The lowest BCUT2D eigenvalue weighted by molar-refractivity contribution is -0.119. The lowest BCUT2D eigenvalue weighted by Crippen LogP contribution is -2.39. The van der Waals surface area contributed by atoms with Gasteiger partial charge in [-0.05, 0) is 61.0 Å². The first kappa shape index (κ1) is 24.9. The Morgan fingerprint density at radius 2 is 1.62 bits per heavy atom. The third kappa shape index (κ3) is 6.21. The first-order valence-corrected chi connectivity index (χ1v) is 11.9. The number of carbonyl (C=O) groups excluding carboxylic acids is 2. The Balaban J connectivity index is 1.77. The Kier molecular flexibility index (Phi) is 8.04. The number of aryl methyl sites for hydroxylation is 1. The van der Waals surface area contributed by atoms with Crippen LogP contribution in [0.5, 0.6) is 0 Å². The van der Waals surface area contributed by atoms with Gasteiger partial charge in [0.1, 0.15) is 6.54 Å². The lowest BCUT2D eigenvalue weighted by atomic mass is 10.1. The molecule has 34 heavy (non-hydrogen) atoms. The van der Waals surface area contributed by atoms with E-state index < -0.39 is 28.4 Å². The van der Waals surface area contributed by atoms with Crippen molar-refractivity contribution in [1.82, 2.24) is 5.43 Å². The standard InChI is InChI=1S/C24H22ClN3O5S/c1-17-3-13-22(14-4-17)34(31,32)28(21-11-9-20(25)10-12-21)16-23(29)27-26-15-18-5-7-19(8-6-18)24(30)33-2/h3-15H,16H2,1-2H3,(H,27,29)/b26-15-. The maximum atomic E-state index is 13.3. The number of benzene rings is 3. The highest BCUT2D eigenvalue weighted by molar-refractivity contribution is 7.92. The fourth-order valence-corrected chi connectivity index (χ4v) is 4.47. The summed E-state index contributed by atoms with van der Waals surface area (Å²) in [7, 11) is -2.75. The predicted molar refractivity (Wildman–Crippen MR) is 131 cm³/mol. The average Bonchev–Trinajstić information content (AvgIpc) is 2.83. The summed E-state index contributed by atoms with van der Waals surface area (Å²) in [6.07, 6.45) is 1.38. The SMILES string of the molecule is COC(=O)c1ccc(/C=N\NC(=O)CN(c2ccc(Cl)cc2)S(=O)(=O)c2ccc(C)cc2)cc1. The molecule has 0 bridgehead atoms. The van der Waals surface area contributed by atoms with E-state index >= 15 is 0 Å². The smallest absolute Gasteiger partial charge is 0.337 e. The van der Waals surface area contributed by atoms with E-state index in [1.807, 2.05) is 6.92 Å². The van der Waals surface area contributed by atoms with Crippen LogP contribution in [0.2, 0.25) is 5.02 Å². The van der Waals surface area contributed by atoms with Crippen LogP contribution in [0.4, 0.5) is 5.69 Å². The second-order valence-corrected chi connectivity index (χ2v) is 9.51. The molecule has 8 nitrogen and oxygen atoms in total. The number of carbonyl (C=O) groups is 2. The van der Waals surface area contributed by atoms with Gasteiger partial charge in [0.25, 0.3) is 15.9 Å². The molecule has 0 saturated carbocycles. The zero-order valence-corrected chi connectivity index (χ0v) is 20.0.